The first kappa shape index (κ1) is 12.4. The Kier molecular flexibility index (Phi) is 4.94. The van der Waals surface area contributed by atoms with E-state index in [0.717, 1.165) is 6.26 Å². The van der Waals surface area contributed by atoms with Crippen LogP contribution in [0.3, 0.4) is 0 Å². The van der Waals surface area contributed by atoms with Gasteiger partial charge in [0.25, 0.3) is 0 Å². The van der Waals surface area contributed by atoms with E-state index in [1.165, 1.54) is 0 Å². The number of amides is 1. The Morgan fingerprint density at radius 3 is 2.23 bits per heavy atom. The Morgan fingerprint density at radius 2 is 1.92 bits per heavy atom. The van der Waals surface area contributed by atoms with Crippen molar-refractivity contribution in [3.05, 3.63) is 0 Å². The molecule has 0 aliphatic carbocycles. The molecule has 5 nitrogen and oxygen atoms in total. The molecule has 0 saturated carbocycles. The van der Waals surface area contributed by atoms with Crippen LogP contribution in [0.1, 0.15) is 20.3 Å². The minimum absolute atomic E-state index is 0.282. The molecule has 1 amide bonds. The second kappa shape index (κ2) is 5.18. The number of hydrogen-bond donors (Lipinski definition) is 2. The lowest BCUT2D eigenvalue weighted by molar-refractivity contribution is -0.122. The maximum Gasteiger partial charge on any atom is 0.238 e. The van der Waals surface area contributed by atoms with Gasteiger partial charge < -0.3 is 5.32 Å². The van der Waals surface area contributed by atoms with E-state index >= 15 is 0 Å². The first-order valence-corrected chi connectivity index (χ1v) is 6.04. The molecule has 0 rings (SSSR count). The van der Waals surface area contributed by atoms with Crippen LogP contribution in [0.25, 0.3) is 0 Å². The van der Waals surface area contributed by atoms with Gasteiger partial charge in [0.2, 0.25) is 15.9 Å². The molecule has 0 bridgehead atoms. The lowest BCUT2D eigenvalue weighted by Crippen LogP contribution is -2.45. The molecule has 78 valence electrons. The lowest BCUT2D eigenvalue weighted by atomic mass is 10.2. The van der Waals surface area contributed by atoms with Gasteiger partial charge >= 0.3 is 0 Å². The van der Waals surface area contributed by atoms with Gasteiger partial charge in [0.1, 0.15) is 6.04 Å². The molecule has 0 heterocycles. The van der Waals surface area contributed by atoms with Crippen LogP contribution in [0.5, 0.6) is 0 Å². The Labute approximate surface area is 79.0 Å². The molecule has 6 heteroatoms. The van der Waals surface area contributed by atoms with Crippen LogP contribution in [0, 0.1) is 0 Å². The zero-order valence-corrected chi connectivity index (χ0v) is 8.94. The summed E-state index contributed by atoms with van der Waals surface area (Å²) in [5.41, 5.74) is 0. The van der Waals surface area contributed by atoms with Crippen molar-refractivity contribution in [1.29, 1.82) is 0 Å². The molecular weight excluding hydrogens is 192 g/mol. The first-order chi connectivity index (χ1) is 5.90. The van der Waals surface area contributed by atoms with E-state index in [4.69, 9.17) is 0 Å². The van der Waals surface area contributed by atoms with Crippen LogP contribution in [0.2, 0.25) is 0 Å². The zero-order valence-electron chi connectivity index (χ0n) is 8.12. The molecule has 0 saturated heterocycles. The zero-order chi connectivity index (χ0) is 10.5. The van der Waals surface area contributed by atoms with Crippen LogP contribution in [0.4, 0.5) is 0 Å². The summed E-state index contributed by atoms with van der Waals surface area (Å²) in [4.78, 5) is 11.2. The van der Waals surface area contributed by atoms with Gasteiger partial charge in [-0.15, -0.1) is 0 Å². The van der Waals surface area contributed by atoms with Crippen LogP contribution in [-0.4, -0.2) is 33.2 Å². The van der Waals surface area contributed by atoms with Gasteiger partial charge in [0.15, 0.2) is 0 Å². The fraction of sp³-hybridized carbons (Fsp3) is 0.857. The van der Waals surface area contributed by atoms with Gasteiger partial charge in [-0.05, 0) is 13.3 Å². The standard InChI is InChI=1S/C7H16N2O3S/c1-4-6(7(10)8-5-2)9-13(3,11)12/h6,9H,4-5H2,1-3H3,(H,8,10). The van der Waals surface area contributed by atoms with Gasteiger partial charge in [-0.2, -0.15) is 0 Å². The highest BCUT2D eigenvalue weighted by Gasteiger charge is 2.18. The number of hydrogen-bond acceptors (Lipinski definition) is 3. The highest BCUT2D eigenvalue weighted by molar-refractivity contribution is 7.88. The third-order valence-electron chi connectivity index (χ3n) is 1.43. The summed E-state index contributed by atoms with van der Waals surface area (Å²) in [6, 6.07) is -0.657. The molecule has 13 heavy (non-hydrogen) atoms. The topological polar surface area (TPSA) is 75.3 Å². The molecule has 1 unspecified atom stereocenters. The SMILES string of the molecule is CCNC(=O)C(CC)NS(C)(=O)=O. The van der Waals surface area contributed by atoms with Crippen LogP contribution in [-0.2, 0) is 14.8 Å². The van der Waals surface area contributed by atoms with E-state index < -0.39 is 16.1 Å². The molecule has 0 spiro atoms. The summed E-state index contributed by atoms with van der Waals surface area (Å²) in [5.74, 6) is -0.282. The average molecular weight is 208 g/mol. The summed E-state index contributed by atoms with van der Waals surface area (Å²) >= 11 is 0. The average Bonchev–Trinajstić information content (AvgIpc) is 1.99. The number of nitrogens with one attached hydrogen (secondary N) is 2. The van der Waals surface area contributed by atoms with Gasteiger partial charge in [0.05, 0.1) is 6.26 Å². The fourth-order valence-electron chi connectivity index (χ4n) is 0.878. The van der Waals surface area contributed by atoms with Crippen molar-refractivity contribution in [2.45, 2.75) is 26.3 Å². The van der Waals surface area contributed by atoms with E-state index in [2.05, 4.69) is 10.0 Å². The Hall–Kier alpha value is -0.620. The largest absolute Gasteiger partial charge is 0.355 e. The molecule has 0 aromatic rings. The minimum atomic E-state index is -3.31. The number of likely N-dealkylation sites (N-methyl/N-ethyl adjacent to an activating group) is 1. The Morgan fingerprint density at radius 1 is 1.38 bits per heavy atom. The third kappa shape index (κ3) is 5.59. The second-order valence-electron chi connectivity index (χ2n) is 2.75. The first-order valence-electron chi connectivity index (χ1n) is 4.15. The van der Waals surface area contributed by atoms with Gasteiger partial charge in [0, 0.05) is 6.54 Å². The van der Waals surface area contributed by atoms with Crippen molar-refractivity contribution in [2.75, 3.05) is 12.8 Å². The smallest absolute Gasteiger partial charge is 0.238 e. The molecule has 1 atom stereocenters. The van der Waals surface area contributed by atoms with Crippen molar-refractivity contribution < 1.29 is 13.2 Å². The van der Waals surface area contributed by atoms with Crippen LogP contribution < -0.4 is 10.0 Å². The van der Waals surface area contributed by atoms with E-state index in [1.54, 1.807) is 13.8 Å². The van der Waals surface area contributed by atoms with Gasteiger partial charge in [-0.25, -0.2) is 13.1 Å². The highest BCUT2D eigenvalue weighted by atomic mass is 32.2. The maximum atomic E-state index is 11.2. The lowest BCUT2D eigenvalue weighted by Gasteiger charge is -2.14. The number of rotatable bonds is 5. The summed E-state index contributed by atoms with van der Waals surface area (Å²) in [5, 5.41) is 2.55. The number of sulfonamides is 1. The molecule has 0 aromatic carbocycles. The summed E-state index contributed by atoms with van der Waals surface area (Å²) in [6.07, 6.45) is 1.48. The highest BCUT2D eigenvalue weighted by Crippen LogP contribution is 1.93. The molecule has 0 radical (unpaired) electrons. The predicted molar refractivity (Wildman–Crippen MR) is 50.7 cm³/mol. The molecule has 0 aliphatic rings. The molecule has 0 aliphatic heterocycles. The minimum Gasteiger partial charge on any atom is -0.355 e. The molecular formula is C7H16N2O3S. The van der Waals surface area contributed by atoms with Crippen molar-refractivity contribution in [3.63, 3.8) is 0 Å². The van der Waals surface area contributed by atoms with Crippen molar-refractivity contribution in [2.24, 2.45) is 0 Å². The van der Waals surface area contributed by atoms with Gasteiger partial charge in [-0.3, -0.25) is 4.79 Å². The maximum absolute atomic E-state index is 11.2. The monoisotopic (exact) mass is 208 g/mol. The number of carbonyl (C=O) groups excluding carboxylic acids is 1. The molecule has 2 N–H and O–H groups in total. The quantitative estimate of drug-likeness (QED) is 0.636. The van der Waals surface area contributed by atoms with Crippen molar-refractivity contribution in [1.82, 2.24) is 10.0 Å². The van der Waals surface area contributed by atoms with E-state index in [1.807, 2.05) is 0 Å². The Bertz CT molecular complexity index is 261. The van der Waals surface area contributed by atoms with Crippen LogP contribution >= 0.6 is 0 Å². The number of carbonyl (C=O) groups is 1. The second-order valence-corrected chi connectivity index (χ2v) is 4.53. The van der Waals surface area contributed by atoms with E-state index in [0.29, 0.717) is 13.0 Å². The van der Waals surface area contributed by atoms with Crippen LogP contribution in [0.15, 0.2) is 0 Å². The molecule has 0 fully saturated rings. The Balaban J connectivity index is 4.27. The predicted octanol–water partition coefficient (Wildman–Crippen LogP) is -0.550. The third-order valence-corrected chi connectivity index (χ3v) is 2.14. The fourth-order valence-corrected chi connectivity index (χ4v) is 1.67. The van der Waals surface area contributed by atoms with E-state index in [-0.39, 0.29) is 5.91 Å². The summed E-state index contributed by atoms with van der Waals surface area (Å²) in [6.45, 7) is 4.03. The van der Waals surface area contributed by atoms with Crippen molar-refractivity contribution in [3.8, 4) is 0 Å². The normalized spacial score (nSPS) is 13.8. The van der Waals surface area contributed by atoms with E-state index in [9.17, 15) is 13.2 Å². The van der Waals surface area contributed by atoms with Crippen molar-refractivity contribution >= 4 is 15.9 Å². The van der Waals surface area contributed by atoms with Gasteiger partial charge in [-0.1, -0.05) is 6.92 Å². The summed E-state index contributed by atoms with van der Waals surface area (Å²) < 4.78 is 23.9. The summed E-state index contributed by atoms with van der Waals surface area (Å²) in [7, 11) is -3.31. The molecule has 0 aromatic heterocycles.